The van der Waals surface area contributed by atoms with Crippen LogP contribution in [0.4, 0.5) is 0 Å². The van der Waals surface area contributed by atoms with Gasteiger partial charge in [-0.25, -0.2) is 0 Å². The van der Waals surface area contributed by atoms with E-state index in [0.29, 0.717) is 45.3 Å². The average molecular weight is 805 g/mol. The molecule has 0 fully saturated rings. The number of esters is 3. The second-order valence-electron chi connectivity index (χ2n) is 13.5. The summed E-state index contributed by atoms with van der Waals surface area (Å²) in [7, 11) is 0. The molecule has 0 aromatic heterocycles. The number of carbonyl (C=O) groups excluding carboxylic acids is 3. The first-order valence-electron chi connectivity index (χ1n) is 20.4. The summed E-state index contributed by atoms with van der Waals surface area (Å²) in [4.78, 5) is 39.9. The molecule has 11 heteroatoms. The van der Waals surface area contributed by atoms with Gasteiger partial charge in [-0.1, -0.05) is 111 Å². The van der Waals surface area contributed by atoms with Crippen molar-refractivity contribution < 1.29 is 75.9 Å². The van der Waals surface area contributed by atoms with Crippen molar-refractivity contribution in [1.29, 1.82) is 0 Å². The first kappa shape index (κ1) is 52.5. The topological polar surface area (TPSA) is 121 Å². The molecule has 0 saturated heterocycles. The fraction of sp³-hybridized carbons (Fsp3) is 0.925. The van der Waals surface area contributed by atoms with Gasteiger partial charge in [0.15, 0.2) is 6.29 Å². The number of hydrogen-bond acceptors (Lipinski definition) is 10. The van der Waals surface area contributed by atoms with E-state index in [1.54, 1.807) is 0 Å². The van der Waals surface area contributed by atoms with Crippen molar-refractivity contribution in [3.05, 3.63) is 0 Å². The molecule has 0 saturated carbocycles. The molecule has 0 aliphatic heterocycles. The molecule has 0 heterocycles. The van der Waals surface area contributed by atoms with Gasteiger partial charge >= 0.3 is 17.9 Å². The van der Waals surface area contributed by atoms with E-state index in [2.05, 4.69) is 32.6 Å². The zero-order chi connectivity index (χ0) is 36.9. The van der Waals surface area contributed by atoms with Crippen LogP contribution in [0.1, 0.15) is 169 Å². The normalized spacial score (nSPS) is 11.8. The number of aliphatic hydroxyl groups is 1. The predicted octanol–water partition coefficient (Wildman–Crippen LogP) is 8.55. The second kappa shape index (κ2) is 40.5. The molecular formula is C40H77NO9Y. The molecule has 10 nitrogen and oxygen atoms in total. The maximum absolute atomic E-state index is 12.8. The summed E-state index contributed by atoms with van der Waals surface area (Å²) in [6, 6.07) is 0. The van der Waals surface area contributed by atoms with Crippen molar-refractivity contribution in [3.8, 4) is 0 Å². The first-order chi connectivity index (χ1) is 24.4. The number of nitrogens with zero attached hydrogens (tertiary/aromatic N) is 1. The summed E-state index contributed by atoms with van der Waals surface area (Å²) in [5, 5.41) is 8.91. The summed E-state index contributed by atoms with van der Waals surface area (Å²) in [6.45, 7) is 12.7. The third-order valence-corrected chi connectivity index (χ3v) is 8.92. The Bertz CT molecular complexity index is 767. The average Bonchev–Trinajstić information content (AvgIpc) is 3.12. The van der Waals surface area contributed by atoms with Crippen molar-refractivity contribution in [2.75, 3.05) is 59.3 Å². The number of aliphatic hydroxyl groups excluding tert-OH is 1. The summed E-state index contributed by atoms with van der Waals surface area (Å²) < 4.78 is 28.7. The number of ether oxygens (including phenoxy) is 5. The Morgan fingerprint density at radius 3 is 1.41 bits per heavy atom. The number of hydrogen-bond donors (Lipinski definition) is 1. The summed E-state index contributed by atoms with van der Waals surface area (Å²) in [5.41, 5.74) is 0. The third kappa shape index (κ3) is 36.1. The van der Waals surface area contributed by atoms with Crippen molar-refractivity contribution in [3.63, 3.8) is 0 Å². The molecule has 299 valence electrons. The monoisotopic (exact) mass is 804 g/mol. The van der Waals surface area contributed by atoms with E-state index in [1.165, 1.54) is 51.4 Å². The van der Waals surface area contributed by atoms with E-state index in [-0.39, 0.29) is 83.5 Å². The molecule has 0 spiro atoms. The van der Waals surface area contributed by atoms with E-state index in [4.69, 9.17) is 28.8 Å². The molecule has 1 atom stereocenters. The van der Waals surface area contributed by atoms with Crippen LogP contribution in [-0.4, -0.2) is 93.5 Å². The van der Waals surface area contributed by atoms with Crippen LogP contribution in [0.15, 0.2) is 0 Å². The van der Waals surface area contributed by atoms with Crippen LogP contribution in [0.5, 0.6) is 0 Å². The fourth-order valence-electron chi connectivity index (χ4n) is 5.54. The van der Waals surface area contributed by atoms with E-state index in [9.17, 15) is 14.4 Å². The Hall–Kier alpha value is -0.646. The van der Waals surface area contributed by atoms with Crippen LogP contribution in [-0.2, 0) is 70.8 Å². The van der Waals surface area contributed by atoms with Gasteiger partial charge in [0.2, 0.25) is 0 Å². The molecule has 1 radical (unpaired) electrons. The zero-order valence-corrected chi connectivity index (χ0v) is 36.2. The summed E-state index contributed by atoms with van der Waals surface area (Å²) in [5.74, 6) is -1.47. The minimum absolute atomic E-state index is 0. The molecule has 0 aliphatic carbocycles. The van der Waals surface area contributed by atoms with Crippen LogP contribution in [0, 0.1) is 5.92 Å². The van der Waals surface area contributed by atoms with Gasteiger partial charge in [-0.3, -0.25) is 14.4 Å². The predicted molar refractivity (Wildman–Crippen MR) is 200 cm³/mol. The Morgan fingerprint density at radius 1 is 0.529 bits per heavy atom. The van der Waals surface area contributed by atoms with Gasteiger partial charge in [0.25, 0.3) is 0 Å². The quantitative estimate of drug-likeness (QED) is 0.0281. The van der Waals surface area contributed by atoms with Gasteiger partial charge in [0, 0.05) is 71.8 Å². The van der Waals surface area contributed by atoms with Crippen molar-refractivity contribution >= 4 is 17.9 Å². The standard InChI is InChI=1S/C40H77NO9.Y/c1-5-9-11-13-18-22-31-46-40(47-32-23-19-14-12-10-6-2)28-27-39(45)50-35-36(33-48-37(43)25-20-16-15-17-21-30-42)34-49-38(44)26-24-29-41(7-3)8-4;/h36,40,42H,5-35H2,1-4H3;. The molecule has 0 rings (SSSR count). The summed E-state index contributed by atoms with van der Waals surface area (Å²) in [6.07, 6.45) is 19.8. The smallest absolute Gasteiger partial charge is 0.305 e. The molecule has 51 heavy (non-hydrogen) atoms. The second-order valence-corrected chi connectivity index (χ2v) is 13.5. The van der Waals surface area contributed by atoms with E-state index in [1.807, 2.05) is 0 Å². The van der Waals surface area contributed by atoms with Crippen LogP contribution in [0.25, 0.3) is 0 Å². The molecule has 0 aromatic carbocycles. The molecule has 0 aliphatic rings. The van der Waals surface area contributed by atoms with Gasteiger partial charge in [0.1, 0.15) is 19.8 Å². The Balaban J connectivity index is 0. The Kier molecular flexibility index (Phi) is 41.7. The molecule has 1 unspecified atom stereocenters. The van der Waals surface area contributed by atoms with E-state index in [0.717, 1.165) is 71.0 Å². The van der Waals surface area contributed by atoms with Crippen LogP contribution in [0.3, 0.4) is 0 Å². The number of rotatable bonds is 38. The molecule has 0 bridgehead atoms. The maximum atomic E-state index is 12.8. The van der Waals surface area contributed by atoms with E-state index >= 15 is 0 Å². The molecule has 1 N–H and O–H groups in total. The van der Waals surface area contributed by atoms with Gasteiger partial charge < -0.3 is 33.7 Å². The summed E-state index contributed by atoms with van der Waals surface area (Å²) >= 11 is 0. The van der Waals surface area contributed by atoms with Gasteiger partial charge in [-0.05, 0) is 51.7 Å². The number of unbranched alkanes of at least 4 members (excludes halogenated alkanes) is 14. The van der Waals surface area contributed by atoms with Crippen molar-refractivity contribution in [2.24, 2.45) is 5.92 Å². The minimum atomic E-state index is -0.456. The zero-order valence-electron chi connectivity index (χ0n) is 33.3. The van der Waals surface area contributed by atoms with Crippen molar-refractivity contribution in [2.45, 2.75) is 175 Å². The van der Waals surface area contributed by atoms with Crippen LogP contribution in [0.2, 0.25) is 0 Å². The fourth-order valence-corrected chi connectivity index (χ4v) is 5.54. The SMILES string of the molecule is CCCCCCCCOC(CCC(=O)OCC(COC(=O)CCCCCCCO)COC(=O)CCCN(CC)CC)OCCCCCCCC.[Y]. The van der Waals surface area contributed by atoms with Crippen LogP contribution < -0.4 is 0 Å². The van der Waals surface area contributed by atoms with Crippen LogP contribution >= 0.6 is 0 Å². The van der Waals surface area contributed by atoms with Crippen molar-refractivity contribution in [1.82, 2.24) is 4.90 Å². The largest absolute Gasteiger partial charge is 0.465 e. The molecule has 0 amide bonds. The third-order valence-electron chi connectivity index (χ3n) is 8.92. The van der Waals surface area contributed by atoms with E-state index < -0.39 is 12.2 Å². The maximum Gasteiger partial charge on any atom is 0.305 e. The first-order valence-corrected chi connectivity index (χ1v) is 20.4. The number of carbonyl (C=O) groups is 3. The van der Waals surface area contributed by atoms with Gasteiger partial charge in [0.05, 0.1) is 12.3 Å². The van der Waals surface area contributed by atoms with Gasteiger partial charge in [-0.2, -0.15) is 0 Å². The Morgan fingerprint density at radius 2 is 0.941 bits per heavy atom. The molecular weight excluding hydrogens is 727 g/mol. The Labute approximate surface area is 337 Å². The van der Waals surface area contributed by atoms with Gasteiger partial charge in [-0.15, -0.1) is 0 Å². The molecule has 0 aromatic rings. The minimum Gasteiger partial charge on any atom is -0.465 e.